The lowest BCUT2D eigenvalue weighted by Crippen LogP contribution is -2.60. The van der Waals surface area contributed by atoms with Crippen LogP contribution in [0.25, 0.3) is 0 Å². The van der Waals surface area contributed by atoms with E-state index in [0.717, 1.165) is 57.8 Å². The quantitative estimate of drug-likeness (QED) is 0.0195. The van der Waals surface area contributed by atoms with Crippen molar-refractivity contribution in [2.24, 2.45) is 0 Å². The fraction of sp³-hybridized carbons (Fsp3) is 0.905. The van der Waals surface area contributed by atoms with Gasteiger partial charge in [0.05, 0.1) is 32.0 Å². The van der Waals surface area contributed by atoms with E-state index < -0.39 is 49.5 Å². The molecule has 1 aliphatic rings. The van der Waals surface area contributed by atoms with Crippen molar-refractivity contribution in [3.63, 3.8) is 0 Å². The summed E-state index contributed by atoms with van der Waals surface area (Å²) in [6.07, 6.45) is 54.4. The van der Waals surface area contributed by atoms with Crippen LogP contribution in [-0.4, -0.2) is 100 Å². The molecule has 6 N–H and O–H groups in total. The van der Waals surface area contributed by atoms with Crippen molar-refractivity contribution in [3.05, 3.63) is 24.3 Å². The van der Waals surface area contributed by atoms with Gasteiger partial charge >= 0.3 is 5.97 Å². The molecule has 0 radical (unpaired) electrons. The summed E-state index contributed by atoms with van der Waals surface area (Å²) in [4.78, 5) is 25.1. The van der Waals surface area contributed by atoms with E-state index in [0.29, 0.717) is 19.4 Å². The van der Waals surface area contributed by atoms with Crippen molar-refractivity contribution in [1.29, 1.82) is 0 Å². The Balaban J connectivity index is 1.97. The zero-order valence-electron chi connectivity index (χ0n) is 48.1. The van der Waals surface area contributed by atoms with Crippen LogP contribution in [0.15, 0.2) is 24.3 Å². The fourth-order valence-electron chi connectivity index (χ4n) is 10.0. The second-order valence-electron chi connectivity index (χ2n) is 22.1. The van der Waals surface area contributed by atoms with E-state index in [1.165, 1.54) is 218 Å². The highest BCUT2D eigenvalue weighted by molar-refractivity contribution is 5.76. The van der Waals surface area contributed by atoms with Crippen LogP contribution in [0, 0.1) is 0 Å². The Hall–Kier alpha value is -1.86. The standard InChI is InChI=1S/C63H119NO10/c1-3-5-7-9-11-13-14-15-24-28-31-35-39-43-47-51-59(68)72-52-48-44-40-36-32-29-26-23-21-19-17-16-18-20-22-25-27-30-34-38-42-46-50-58(67)64-55(56(66)49-45-41-37-33-12-10-8-6-4-2)54-73-63-62(71)61(70)60(69)57(53-65)74-63/h15,24,45,49,55-57,60-63,65-66,69-71H,3-14,16-23,25-44,46-48,50-54H2,1-2H3,(H,64,67)/b24-15-,49-45+. The molecule has 11 nitrogen and oxygen atoms in total. The number of ether oxygens (including phenoxy) is 3. The van der Waals surface area contributed by atoms with Crippen molar-refractivity contribution in [3.8, 4) is 0 Å². The van der Waals surface area contributed by atoms with Gasteiger partial charge in [0.2, 0.25) is 5.91 Å². The third kappa shape index (κ3) is 42.2. The normalized spacial score (nSPS) is 18.9. The molecule has 1 aliphatic heterocycles. The smallest absolute Gasteiger partial charge is 0.305 e. The highest BCUT2D eigenvalue weighted by Crippen LogP contribution is 2.23. The first-order chi connectivity index (χ1) is 36.2. The summed E-state index contributed by atoms with van der Waals surface area (Å²) in [5, 5.41) is 54.2. The number of aliphatic hydroxyl groups is 5. The molecule has 1 heterocycles. The van der Waals surface area contributed by atoms with Gasteiger partial charge in [0.1, 0.15) is 24.4 Å². The van der Waals surface area contributed by atoms with Crippen molar-refractivity contribution in [2.75, 3.05) is 19.8 Å². The van der Waals surface area contributed by atoms with Gasteiger partial charge in [-0.25, -0.2) is 0 Å². The number of carbonyl (C=O) groups is 2. The third-order valence-corrected chi connectivity index (χ3v) is 15.1. The second-order valence-corrected chi connectivity index (χ2v) is 22.1. The topological polar surface area (TPSA) is 175 Å². The maximum atomic E-state index is 13.0. The van der Waals surface area contributed by atoms with Crippen LogP contribution in [-0.2, 0) is 23.8 Å². The van der Waals surface area contributed by atoms with Gasteiger partial charge in [0.25, 0.3) is 0 Å². The summed E-state index contributed by atoms with van der Waals surface area (Å²) < 4.78 is 16.7. The molecule has 11 heteroatoms. The number of carbonyl (C=O) groups excluding carboxylic acids is 2. The molecule has 1 fully saturated rings. The van der Waals surface area contributed by atoms with E-state index in [9.17, 15) is 35.1 Å². The molecule has 0 bridgehead atoms. The number of allylic oxidation sites excluding steroid dienone is 3. The van der Waals surface area contributed by atoms with Gasteiger partial charge in [-0.3, -0.25) is 9.59 Å². The van der Waals surface area contributed by atoms with Crippen molar-refractivity contribution >= 4 is 11.9 Å². The Bertz CT molecular complexity index is 1280. The Morgan fingerprint density at radius 2 is 0.865 bits per heavy atom. The first kappa shape index (κ1) is 70.2. The van der Waals surface area contributed by atoms with Gasteiger partial charge in [-0.1, -0.05) is 256 Å². The van der Waals surface area contributed by atoms with E-state index in [2.05, 4.69) is 31.3 Å². The van der Waals surface area contributed by atoms with Gasteiger partial charge in [0, 0.05) is 12.8 Å². The first-order valence-corrected chi connectivity index (χ1v) is 31.6. The summed E-state index contributed by atoms with van der Waals surface area (Å²) in [5.41, 5.74) is 0. The molecule has 1 rings (SSSR count). The van der Waals surface area contributed by atoms with E-state index in [4.69, 9.17) is 14.2 Å². The summed E-state index contributed by atoms with van der Waals surface area (Å²) in [6, 6.07) is -0.808. The van der Waals surface area contributed by atoms with E-state index in [1.54, 1.807) is 6.08 Å². The minimum Gasteiger partial charge on any atom is -0.466 e. The number of aliphatic hydroxyl groups excluding tert-OH is 5. The van der Waals surface area contributed by atoms with Gasteiger partial charge < -0.3 is 45.1 Å². The maximum Gasteiger partial charge on any atom is 0.305 e. The molecule has 0 aromatic carbocycles. The molecular formula is C63H119NO10. The van der Waals surface area contributed by atoms with Crippen LogP contribution < -0.4 is 5.32 Å². The average Bonchev–Trinajstić information content (AvgIpc) is 3.40. The minimum atomic E-state index is -1.57. The summed E-state index contributed by atoms with van der Waals surface area (Å²) >= 11 is 0. The number of unbranched alkanes of at least 4 members (excludes halogenated alkanes) is 39. The number of nitrogens with one attached hydrogen (secondary N) is 1. The van der Waals surface area contributed by atoms with Crippen LogP contribution in [0.3, 0.4) is 0 Å². The molecule has 0 aromatic heterocycles. The molecule has 1 saturated heterocycles. The summed E-state index contributed by atoms with van der Waals surface area (Å²) in [5.74, 6) is -0.190. The number of amides is 1. The van der Waals surface area contributed by atoms with Crippen LogP contribution >= 0.6 is 0 Å². The predicted molar refractivity (Wildman–Crippen MR) is 306 cm³/mol. The number of esters is 1. The SMILES string of the molecule is CCCCCCCC/C=C\CCCCCCCC(=O)OCCCCCCCCCCCCCCCCCCCCCCCCC(=O)NC(COC1OC(CO)C(O)C(O)C1O)C(O)/C=C/CCCCCCCCC. The van der Waals surface area contributed by atoms with E-state index in [-0.39, 0.29) is 18.5 Å². The first-order valence-electron chi connectivity index (χ1n) is 31.6. The molecular weight excluding hydrogens is 931 g/mol. The van der Waals surface area contributed by atoms with Crippen LogP contribution in [0.2, 0.25) is 0 Å². The highest BCUT2D eigenvalue weighted by atomic mass is 16.7. The molecule has 0 aromatic rings. The van der Waals surface area contributed by atoms with Gasteiger partial charge in [-0.05, 0) is 57.8 Å². The predicted octanol–water partition coefficient (Wildman–Crippen LogP) is 14.9. The molecule has 436 valence electrons. The van der Waals surface area contributed by atoms with Crippen LogP contribution in [0.1, 0.15) is 303 Å². The summed E-state index contributed by atoms with van der Waals surface area (Å²) in [7, 11) is 0. The van der Waals surface area contributed by atoms with Gasteiger partial charge in [-0.15, -0.1) is 0 Å². The van der Waals surface area contributed by atoms with Crippen molar-refractivity contribution in [1.82, 2.24) is 5.32 Å². The zero-order chi connectivity index (χ0) is 53.8. The monoisotopic (exact) mass is 1050 g/mol. The van der Waals surface area contributed by atoms with Gasteiger partial charge in [0.15, 0.2) is 6.29 Å². The molecule has 7 unspecified atom stereocenters. The lowest BCUT2D eigenvalue weighted by atomic mass is 9.99. The van der Waals surface area contributed by atoms with Crippen LogP contribution in [0.5, 0.6) is 0 Å². The third-order valence-electron chi connectivity index (χ3n) is 15.1. The number of rotatable bonds is 55. The van der Waals surface area contributed by atoms with Gasteiger partial charge in [-0.2, -0.15) is 0 Å². The zero-order valence-corrected chi connectivity index (χ0v) is 48.1. The average molecular weight is 1050 g/mol. The fourth-order valence-corrected chi connectivity index (χ4v) is 10.0. The highest BCUT2D eigenvalue weighted by Gasteiger charge is 2.44. The minimum absolute atomic E-state index is 0.00693. The molecule has 0 spiro atoms. The number of hydrogen-bond donors (Lipinski definition) is 6. The van der Waals surface area contributed by atoms with E-state index >= 15 is 0 Å². The van der Waals surface area contributed by atoms with Crippen LogP contribution in [0.4, 0.5) is 0 Å². The maximum absolute atomic E-state index is 13.0. The summed E-state index contributed by atoms with van der Waals surface area (Å²) in [6.45, 7) is 4.32. The molecule has 0 aliphatic carbocycles. The Morgan fingerprint density at radius 3 is 1.30 bits per heavy atom. The van der Waals surface area contributed by atoms with E-state index in [1.807, 2.05) is 6.08 Å². The Morgan fingerprint density at radius 1 is 0.486 bits per heavy atom. The van der Waals surface area contributed by atoms with Crippen molar-refractivity contribution in [2.45, 2.75) is 346 Å². The molecule has 74 heavy (non-hydrogen) atoms. The lowest BCUT2D eigenvalue weighted by molar-refractivity contribution is -0.302. The van der Waals surface area contributed by atoms with Crippen molar-refractivity contribution < 1.29 is 49.3 Å². The molecule has 7 atom stereocenters. The lowest BCUT2D eigenvalue weighted by Gasteiger charge is -2.40. The molecule has 1 amide bonds. The Kier molecular flexibility index (Phi) is 50.4. The molecule has 0 saturated carbocycles. The number of hydrogen-bond acceptors (Lipinski definition) is 10. The largest absolute Gasteiger partial charge is 0.466 e. The second kappa shape index (κ2) is 53.2. The Labute approximate surface area is 454 Å².